The number of aliphatic carboxylic acids is 2. The van der Waals surface area contributed by atoms with Crippen LogP contribution in [-0.4, -0.2) is 75.6 Å². The lowest BCUT2D eigenvalue weighted by atomic mass is 9.71. The molecule has 15 heteroatoms. The summed E-state index contributed by atoms with van der Waals surface area (Å²) in [5.41, 5.74) is 2.04. The van der Waals surface area contributed by atoms with Gasteiger partial charge in [-0.25, -0.2) is 19.6 Å². The molecule has 2 aromatic rings. The first kappa shape index (κ1) is 30.3. The molecule has 0 unspecified atom stereocenters. The average Bonchev–Trinajstić information content (AvgIpc) is 3.35. The molecule has 0 radical (unpaired) electrons. The van der Waals surface area contributed by atoms with Crippen LogP contribution >= 0.6 is 11.3 Å². The van der Waals surface area contributed by atoms with E-state index in [-0.39, 0.29) is 0 Å². The zero-order valence-corrected chi connectivity index (χ0v) is 20.3. The van der Waals surface area contributed by atoms with Crippen LogP contribution in [0.4, 0.5) is 32.3 Å². The Bertz CT molecular complexity index is 947. The summed E-state index contributed by atoms with van der Waals surface area (Å²) in [7, 11) is 0. The van der Waals surface area contributed by atoms with E-state index in [1.54, 1.807) is 11.3 Å². The maximum absolute atomic E-state index is 10.6. The largest absolute Gasteiger partial charge is 0.490 e. The lowest BCUT2D eigenvalue weighted by Crippen LogP contribution is -2.47. The quantitative estimate of drug-likeness (QED) is 0.525. The minimum atomic E-state index is -5.08. The predicted octanol–water partition coefficient (Wildman–Crippen LogP) is 4.69. The summed E-state index contributed by atoms with van der Waals surface area (Å²) >= 11 is 1.80. The third-order valence-electron chi connectivity index (χ3n) is 6.05. The van der Waals surface area contributed by atoms with Crippen molar-refractivity contribution in [3.63, 3.8) is 0 Å². The van der Waals surface area contributed by atoms with Crippen LogP contribution < -0.4 is 4.90 Å². The monoisotopic (exact) mass is 556 g/mol. The second-order valence-corrected chi connectivity index (χ2v) is 9.33. The van der Waals surface area contributed by atoms with Crippen molar-refractivity contribution in [2.75, 3.05) is 31.1 Å². The number of rotatable bonds is 3. The minimum absolute atomic E-state index is 0.566. The molecule has 2 aliphatic heterocycles. The van der Waals surface area contributed by atoms with Crippen LogP contribution in [0.15, 0.2) is 35.3 Å². The minimum Gasteiger partial charge on any atom is -0.475 e. The van der Waals surface area contributed by atoms with Gasteiger partial charge in [-0.3, -0.25) is 4.90 Å². The van der Waals surface area contributed by atoms with Crippen molar-refractivity contribution in [2.24, 2.45) is 5.41 Å². The zero-order valence-electron chi connectivity index (χ0n) is 19.5. The molecule has 2 aliphatic rings. The van der Waals surface area contributed by atoms with Gasteiger partial charge in [-0.1, -0.05) is 0 Å². The molecule has 0 saturated carbocycles. The Kier molecular flexibility index (Phi) is 10.7. The zero-order chi connectivity index (χ0) is 27.7. The molecule has 0 amide bonds. The number of hydrogen-bond acceptors (Lipinski definition) is 7. The lowest BCUT2D eigenvalue weighted by molar-refractivity contribution is -0.193. The van der Waals surface area contributed by atoms with Gasteiger partial charge in [0, 0.05) is 32.0 Å². The van der Waals surface area contributed by atoms with Crippen molar-refractivity contribution in [3.8, 4) is 0 Å². The van der Waals surface area contributed by atoms with E-state index in [0.29, 0.717) is 5.41 Å². The molecule has 206 valence electrons. The fraction of sp³-hybridized carbons (Fsp3) is 0.545. The van der Waals surface area contributed by atoms with E-state index >= 15 is 0 Å². The van der Waals surface area contributed by atoms with Crippen LogP contribution in [0.5, 0.6) is 0 Å². The first-order chi connectivity index (χ1) is 17.2. The van der Waals surface area contributed by atoms with E-state index in [1.807, 2.05) is 18.5 Å². The van der Waals surface area contributed by atoms with Crippen LogP contribution in [0, 0.1) is 5.41 Å². The summed E-state index contributed by atoms with van der Waals surface area (Å²) in [6.45, 7) is 5.84. The number of nitrogens with zero attached hydrogens (tertiary/aromatic N) is 4. The summed E-state index contributed by atoms with van der Waals surface area (Å²) in [6, 6.07) is 4.14. The van der Waals surface area contributed by atoms with Crippen LogP contribution in [-0.2, 0) is 16.1 Å². The molecule has 4 rings (SSSR count). The van der Waals surface area contributed by atoms with E-state index in [9.17, 15) is 26.3 Å². The Balaban J connectivity index is 0.000000286. The molecule has 4 heterocycles. The van der Waals surface area contributed by atoms with E-state index in [1.165, 1.54) is 44.3 Å². The molecular weight excluding hydrogens is 530 g/mol. The second-order valence-electron chi connectivity index (χ2n) is 8.55. The Labute approximate surface area is 212 Å². The van der Waals surface area contributed by atoms with E-state index in [4.69, 9.17) is 19.8 Å². The normalized spacial score (nSPS) is 17.7. The lowest BCUT2D eigenvalue weighted by Gasteiger charge is -2.46. The van der Waals surface area contributed by atoms with E-state index < -0.39 is 24.3 Å². The highest BCUT2D eigenvalue weighted by Gasteiger charge is 2.39. The molecule has 2 fully saturated rings. The van der Waals surface area contributed by atoms with Crippen LogP contribution in [0.25, 0.3) is 0 Å². The standard InChI is InChI=1S/C18H24N4S.2C2HF3O2/c1-7-19-17(20-8-1)22-11-5-18(6-12-22)3-9-21(10-4-18)14-16-2-13-23-15-16;2*3-2(4,5)1(6)7/h1-2,7-8,13,15H,3-6,9-12,14H2;2*(H,6,7). The number of carboxylic acids is 2. The number of aromatic nitrogens is 2. The van der Waals surface area contributed by atoms with Crippen molar-refractivity contribution in [3.05, 3.63) is 40.8 Å². The molecule has 0 aliphatic carbocycles. The van der Waals surface area contributed by atoms with Gasteiger partial charge in [0.25, 0.3) is 0 Å². The average molecular weight is 557 g/mol. The maximum Gasteiger partial charge on any atom is 0.490 e. The third-order valence-corrected chi connectivity index (χ3v) is 6.78. The highest BCUT2D eigenvalue weighted by atomic mass is 32.1. The number of halogens is 6. The summed E-state index contributed by atoms with van der Waals surface area (Å²) in [5.74, 6) is -4.61. The topological polar surface area (TPSA) is 107 Å². The summed E-state index contributed by atoms with van der Waals surface area (Å²) in [6.07, 6.45) is -1.21. The first-order valence-electron chi connectivity index (χ1n) is 11.1. The van der Waals surface area contributed by atoms with Gasteiger partial charge in [0.05, 0.1) is 0 Å². The van der Waals surface area contributed by atoms with Gasteiger partial charge in [-0.2, -0.15) is 37.7 Å². The second kappa shape index (κ2) is 13.0. The summed E-state index contributed by atoms with van der Waals surface area (Å²) in [5, 5.41) is 18.7. The third kappa shape index (κ3) is 10.1. The van der Waals surface area contributed by atoms with Gasteiger partial charge in [0.15, 0.2) is 0 Å². The highest BCUT2D eigenvalue weighted by Crippen LogP contribution is 2.42. The molecule has 2 N–H and O–H groups in total. The molecule has 1 spiro atoms. The van der Waals surface area contributed by atoms with Crippen molar-refractivity contribution in [1.82, 2.24) is 14.9 Å². The Hall–Kier alpha value is -2.94. The fourth-order valence-corrected chi connectivity index (χ4v) is 4.62. The van der Waals surface area contributed by atoms with Gasteiger partial charge >= 0.3 is 24.3 Å². The van der Waals surface area contributed by atoms with E-state index in [0.717, 1.165) is 25.6 Å². The molecule has 2 saturated heterocycles. The Morgan fingerprint density at radius 1 is 0.892 bits per heavy atom. The first-order valence-corrected chi connectivity index (χ1v) is 12.0. The van der Waals surface area contributed by atoms with Gasteiger partial charge in [0.2, 0.25) is 5.95 Å². The van der Waals surface area contributed by atoms with Gasteiger partial charge < -0.3 is 15.1 Å². The van der Waals surface area contributed by atoms with Gasteiger partial charge in [0.1, 0.15) is 0 Å². The predicted molar refractivity (Wildman–Crippen MR) is 122 cm³/mol. The number of carbonyl (C=O) groups is 2. The fourth-order valence-electron chi connectivity index (χ4n) is 3.96. The highest BCUT2D eigenvalue weighted by molar-refractivity contribution is 7.07. The summed E-state index contributed by atoms with van der Waals surface area (Å²) < 4.78 is 63.5. The Morgan fingerprint density at radius 3 is 1.76 bits per heavy atom. The number of alkyl halides is 6. The number of anilines is 1. The molecule has 37 heavy (non-hydrogen) atoms. The van der Waals surface area contributed by atoms with Crippen LogP contribution in [0.1, 0.15) is 31.2 Å². The van der Waals surface area contributed by atoms with Crippen LogP contribution in [0.3, 0.4) is 0 Å². The number of piperidine rings is 2. The Morgan fingerprint density at radius 2 is 1.35 bits per heavy atom. The number of thiophene rings is 1. The number of carboxylic acid groups (broad SMARTS) is 2. The smallest absolute Gasteiger partial charge is 0.475 e. The van der Waals surface area contributed by atoms with Crippen molar-refractivity contribution >= 4 is 29.2 Å². The van der Waals surface area contributed by atoms with Crippen molar-refractivity contribution < 1.29 is 46.1 Å². The molecule has 2 aromatic heterocycles. The van der Waals surface area contributed by atoms with E-state index in [2.05, 4.69) is 36.6 Å². The van der Waals surface area contributed by atoms with Crippen LogP contribution in [0.2, 0.25) is 0 Å². The molecule has 8 nitrogen and oxygen atoms in total. The van der Waals surface area contributed by atoms with Gasteiger partial charge in [-0.05, 0) is 72.6 Å². The van der Waals surface area contributed by atoms with Crippen molar-refractivity contribution in [1.29, 1.82) is 0 Å². The molecule has 0 aromatic carbocycles. The number of likely N-dealkylation sites (tertiary alicyclic amines) is 1. The summed E-state index contributed by atoms with van der Waals surface area (Å²) in [4.78, 5) is 31.6. The SMILES string of the molecule is O=C(O)C(F)(F)F.O=C(O)C(F)(F)F.c1cnc(N2CCC3(CCN(Cc4ccsc4)CC3)CC2)nc1. The number of hydrogen-bond donors (Lipinski definition) is 2. The van der Waals surface area contributed by atoms with Crippen molar-refractivity contribution in [2.45, 2.75) is 44.6 Å². The molecular formula is C22H26F6N4O4S. The van der Waals surface area contributed by atoms with Gasteiger partial charge in [-0.15, -0.1) is 0 Å². The molecule has 0 bridgehead atoms. The molecule has 0 atom stereocenters. The maximum atomic E-state index is 10.6.